The molecule has 144 valence electrons. The van der Waals surface area contributed by atoms with E-state index in [2.05, 4.69) is 15.5 Å². The molecule has 7 nitrogen and oxygen atoms in total. The van der Waals surface area contributed by atoms with Crippen LogP contribution < -0.4 is 21.0 Å². The SMILES string of the molecule is Cc1noc(C)c1-c1cc2c(c(=c3c(C)ccc4c3=CC=CN4O)c1)=NC(=O)N2. The monoisotopic (exact) mass is 386 g/mol. The predicted molar refractivity (Wildman–Crippen MR) is 108 cm³/mol. The van der Waals surface area contributed by atoms with Gasteiger partial charge < -0.3 is 9.84 Å². The van der Waals surface area contributed by atoms with Gasteiger partial charge >= 0.3 is 6.03 Å². The van der Waals surface area contributed by atoms with Gasteiger partial charge in [-0.1, -0.05) is 17.3 Å². The number of hydrogen-bond acceptors (Lipinski definition) is 5. The van der Waals surface area contributed by atoms with Gasteiger partial charge in [-0.05, 0) is 61.4 Å². The van der Waals surface area contributed by atoms with Crippen molar-refractivity contribution in [3.63, 3.8) is 0 Å². The first kappa shape index (κ1) is 17.4. The van der Waals surface area contributed by atoms with Crippen LogP contribution in [-0.2, 0) is 0 Å². The van der Waals surface area contributed by atoms with Crippen LogP contribution in [0.4, 0.5) is 16.2 Å². The number of anilines is 2. The summed E-state index contributed by atoms with van der Waals surface area (Å²) >= 11 is 0. The van der Waals surface area contributed by atoms with Gasteiger partial charge in [-0.15, -0.1) is 0 Å². The summed E-state index contributed by atoms with van der Waals surface area (Å²) in [6, 6.07) is 7.32. The minimum Gasteiger partial charge on any atom is -0.361 e. The number of carbonyl (C=O) groups is 1. The van der Waals surface area contributed by atoms with E-state index in [1.807, 2.05) is 51.1 Å². The van der Waals surface area contributed by atoms with Crippen LogP contribution in [0, 0.1) is 31.2 Å². The van der Waals surface area contributed by atoms with Gasteiger partial charge in [0.15, 0.2) is 0 Å². The highest BCUT2D eigenvalue weighted by atomic mass is 16.5. The van der Waals surface area contributed by atoms with Crippen molar-refractivity contribution in [3.05, 3.63) is 74.6 Å². The summed E-state index contributed by atoms with van der Waals surface area (Å²) in [5.41, 5.74) is 4.88. The molecule has 3 heterocycles. The summed E-state index contributed by atoms with van der Waals surface area (Å²) < 4.78 is 5.35. The number of rotatable bonds is 1. The first-order chi connectivity index (χ1) is 13.9. The lowest BCUT2D eigenvalue weighted by Crippen LogP contribution is -2.24. The number of aryl methyl sites for hydroxylation is 3. The van der Waals surface area contributed by atoms with Crippen LogP contribution in [0.25, 0.3) is 17.2 Å². The van der Waals surface area contributed by atoms with Gasteiger partial charge in [-0.2, -0.15) is 4.99 Å². The third-order valence-corrected chi connectivity index (χ3v) is 5.32. The number of carbonyl (C=O) groups excluding carboxylic acids is 1. The van der Waals surface area contributed by atoms with Crippen molar-refractivity contribution in [1.29, 1.82) is 0 Å². The second-order valence-electron chi connectivity index (χ2n) is 7.20. The van der Waals surface area contributed by atoms with Gasteiger partial charge in [-0.3, -0.25) is 5.21 Å². The largest absolute Gasteiger partial charge is 0.361 e. The molecule has 0 saturated heterocycles. The Labute approximate surface area is 165 Å². The summed E-state index contributed by atoms with van der Waals surface area (Å²) in [6.45, 7) is 5.76. The van der Waals surface area contributed by atoms with E-state index >= 15 is 0 Å². The molecule has 2 aromatic carbocycles. The van der Waals surface area contributed by atoms with E-state index < -0.39 is 6.03 Å². The predicted octanol–water partition coefficient (Wildman–Crippen LogP) is 3.22. The van der Waals surface area contributed by atoms with Crippen molar-refractivity contribution in [1.82, 2.24) is 5.16 Å². The van der Waals surface area contributed by atoms with Crippen molar-refractivity contribution >= 4 is 23.5 Å². The average molecular weight is 386 g/mol. The van der Waals surface area contributed by atoms with Crippen LogP contribution in [0.3, 0.4) is 0 Å². The van der Waals surface area contributed by atoms with Crippen LogP contribution in [0.5, 0.6) is 0 Å². The van der Waals surface area contributed by atoms with E-state index in [1.54, 1.807) is 12.3 Å². The molecule has 0 saturated carbocycles. The molecule has 0 atom stereocenters. The first-order valence-electron chi connectivity index (χ1n) is 9.21. The quantitative estimate of drug-likeness (QED) is 0.670. The zero-order valence-corrected chi connectivity index (χ0v) is 16.1. The molecular weight excluding hydrogens is 368 g/mol. The topological polar surface area (TPSA) is 91.0 Å². The van der Waals surface area contributed by atoms with Gasteiger partial charge in [-0.25, -0.2) is 9.86 Å². The van der Waals surface area contributed by atoms with Gasteiger partial charge in [0.2, 0.25) is 0 Å². The normalized spacial score (nSPS) is 15.4. The fourth-order valence-corrected chi connectivity index (χ4v) is 4.07. The number of amides is 2. The molecule has 2 amide bonds. The van der Waals surface area contributed by atoms with E-state index in [1.165, 1.54) is 0 Å². The molecule has 0 unspecified atom stereocenters. The number of nitrogens with one attached hydrogen (secondary N) is 1. The lowest BCUT2D eigenvalue weighted by atomic mass is 9.99. The van der Waals surface area contributed by atoms with Gasteiger partial charge in [0.1, 0.15) is 11.1 Å². The molecule has 2 aliphatic rings. The molecule has 0 fully saturated rings. The van der Waals surface area contributed by atoms with Crippen molar-refractivity contribution < 1.29 is 14.5 Å². The fraction of sp³-hybridized carbons (Fsp3) is 0.136. The number of hydroxylamine groups is 1. The second kappa shape index (κ2) is 6.15. The summed E-state index contributed by atoms with van der Waals surface area (Å²) in [7, 11) is 0. The maximum atomic E-state index is 12.1. The highest BCUT2D eigenvalue weighted by Crippen LogP contribution is 2.29. The van der Waals surface area contributed by atoms with Crippen LogP contribution in [0.1, 0.15) is 17.0 Å². The number of nitrogens with zero attached hydrogens (tertiary/aromatic N) is 3. The Hall–Kier alpha value is -3.71. The van der Waals surface area contributed by atoms with Crippen LogP contribution in [-0.4, -0.2) is 16.4 Å². The number of aromatic nitrogens is 1. The van der Waals surface area contributed by atoms with E-state index in [9.17, 15) is 10.0 Å². The maximum absolute atomic E-state index is 12.1. The van der Waals surface area contributed by atoms with Crippen molar-refractivity contribution in [2.24, 2.45) is 4.99 Å². The summed E-state index contributed by atoms with van der Waals surface area (Å²) in [5.74, 6) is 0.706. The Morgan fingerprint density at radius 3 is 2.76 bits per heavy atom. The number of allylic oxidation sites excluding steroid dienone is 1. The van der Waals surface area contributed by atoms with E-state index in [-0.39, 0.29) is 0 Å². The molecule has 2 N–H and O–H groups in total. The standard InChI is InChI=1S/C22H18N4O3/c1-11-6-7-18-15(5-4-8-26(18)28)19(11)16-9-14(20-12(2)25-29-13(20)3)10-17-21(16)24-22(27)23-17/h4-10,28H,1-3H3,(H,23,27). The Balaban J connectivity index is 2.04. The third kappa shape index (κ3) is 2.59. The molecule has 2 aliphatic heterocycles. The Morgan fingerprint density at radius 1 is 1.17 bits per heavy atom. The van der Waals surface area contributed by atoms with E-state index in [0.717, 1.165) is 43.1 Å². The lowest BCUT2D eigenvalue weighted by Gasteiger charge is -2.16. The Morgan fingerprint density at radius 2 is 2.00 bits per heavy atom. The van der Waals surface area contributed by atoms with E-state index in [0.29, 0.717) is 22.5 Å². The highest BCUT2D eigenvalue weighted by molar-refractivity contribution is 5.94. The zero-order chi connectivity index (χ0) is 20.3. The molecule has 0 aliphatic carbocycles. The number of fused-ring (bicyclic) bond motifs is 2. The Bertz CT molecular complexity index is 1430. The van der Waals surface area contributed by atoms with Gasteiger partial charge in [0.25, 0.3) is 0 Å². The van der Waals surface area contributed by atoms with Crippen molar-refractivity contribution in [2.45, 2.75) is 20.8 Å². The summed E-state index contributed by atoms with van der Waals surface area (Å²) in [5, 5.41) is 21.4. The molecular formula is C22H18N4O3. The second-order valence-corrected chi connectivity index (χ2v) is 7.20. The average Bonchev–Trinajstić information content (AvgIpc) is 3.22. The van der Waals surface area contributed by atoms with Gasteiger partial charge in [0, 0.05) is 22.2 Å². The van der Waals surface area contributed by atoms with Crippen LogP contribution in [0.15, 0.2) is 46.1 Å². The summed E-state index contributed by atoms with van der Waals surface area (Å²) in [4.78, 5) is 16.3. The minimum absolute atomic E-state index is 0.396. The molecule has 0 bridgehead atoms. The molecule has 0 spiro atoms. The smallest absolute Gasteiger partial charge is 0.346 e. The maximum Gasteiger partial charge on any atom is 0.346 e. The third-order valence-electron chi connectivity index (χ3n) is 5.32. The minimum atomic E-state index is -0.396. The number of hydrogen-bond donors (Lipinski definition) is 2. The Kier molecular flexibility index (Phi) is 3.69. The molecule has 3 aromatic rings. The fourth-order valence-electron chi connectivity index (χ4n) is 4.07. The number of urea groups is 1. The van der Waals surface area contributed by atoms with Crippen LogP contribution >= 0.6 is 0 Å². The molecule has 5 rings (SSSR count). The van der Waals surface area contributed by atoms with Crippen molar-refractivity contribution in [2.75, 3.05) is 10.4 Å². The van der Waals surface area contributed by atoms with Crippen molar-refractivity contribution in [3.8, 4) is 11.1 Å². The molecule has 1 aromatic heterocycles. The van der Waals surface area contributed by atoms with Gasteiger partial charge in [0.05, 0.1) is 17.1 Å². The number of benzene rings is 2. The molecule has 29 heavy (non-hydrogen) atoms. The molecule has 0 radical (unpaired) electrons. The zero-order valence-electron chi connectivity index (χ0n) is 16.1. The molecule has 7 heteroatoms. The lowest BCUT2D eigenvalue weighted by molar-refractivity contribution is 0.260. The van der Waals surface area contributed by atoms with Crippen LogP contribution in [0.2, 0.25) is 0 Å². The summed E-state index contributed by atoms with van der Waals surface area (Å²) in [6.07, 6.45) is 5.31. The van der Waals surface area contributed by atoms with E-state index in [4.69, 9.17) is 4.52 Å². The first-order valence-corrected chi connectivity index (χ1v) is 9.21. The highest BCUT2D eigenvalue weighted by Gasteiger charge is 2.19.